The number of halogens is 1. The summed E-state index contributed by atoms with van der Waals surface area (Å²) in [6.45, 7) is 0. The molecule has 3 heteroatoms. The van der Waals surface area contributed by atoms with E-state index >= 15 is 0 Å². The first-order valence-electron chi connectivity index (χ1n) is 5.09. The summed E-state index contributed by atoms with van der Waals surface area (Å²) in [5.74, 6) is 0. The molecule has 1 aromatic heterocycles. The third kappa shape index (κ3) is 3.01. The molecule has 0 aliphatic carbocycles. The van der Waals surface area contributed by atoms with E-state index in [4.69, 9.17) is 0 Å². The van der Waals surface area contributed by atoms with Gasteiger partial charge in [0.1, 0.15) is 0 Å². The van der Waals surface area contributed by atoms with Crippen molar-refractivity contribution in [3.63, 3.8) is 0 Å². The summed E-state index contributed by atoms with van der Waals surface area (Å²) in [5, 5.41) is 0. The zero-order chi connectivity index (χ0) is 11.4. The van der Waals surface area contributed by atoms with E-state index in [2.05, 4.69) is 44.1 Å². The minimum atomic E-state index is -0.820. The summed E-state index contributed by atoms with van der Waals surface area (Å²) in [6.07, 6.45) is 4.29. The molecule has 0 bridgehead atoms. The molecular formula is C13H15IN2. The topological polar surface area (TPSA) is 25.8 Å². The number of alkyl halides is 2. The maximum atomic E-state index is 4.23. The molecule has 2 nitrogen and oxygen atoms in total. The van der Waals surface area contributed by atoms with Crippen LogP contribution in [0.5, 0.6) is 0 Å². The van der Waals surface area contributed by atoms with Gasteiger partial charge in [0.25, 0.3) is 0 Å². The molecule has 2 rings (SSSR count). The Hall–Kier alpha value is -0.970. The molecule has 0 saturated carbocycles. The van der Waals surface area contributed by atoms with Gasteiger partial charge < -0.3 is 0 Å². The van der Waals surface area contributed by atoms with Crippen LogP contribution in [-0.4, -0.2) is 19.8 Å². The number of rotatable bonds is 3. The number of hydrogen-bond donors (Lipinski definition) is 0. The zero-order valence-electron chi connectivity index (χ0n) is 9.52. The molecule has 1 aromatic carbocycles. The summed E-state index contributed by atoms with van der Waals surface area (Å²) in [4.78, 5) is 12.9. The van der Waals surface area contributed by atoms with Gasteiger partial charge in [0.15, 0.2) is 0 Å². The van der Waals surface area contributed by atoms with Crippen LogP contribution in [0.25, 0.3) is 0 Å². The second-order valence-electron chi connectivity index (χ2n) is 3.76. The van der Waals surface area contributed by atoms with Crippen LogP contribution >= 0.6 is 19.8 Å². The molecule has 16 heavy (non-hydrogen) atoms. The normalized spacial score (nSPS) is 11.2. The molecule has 84 valence electrons. The Labute approximate surface area is 104 Å². The van der Waals surface area contributed by atoms with E-state index in [9.17, 15) is 0 Å². The van der Waals surface area contributed by atoms with Crippen molar-refractivity contribution in [3.8, 4) is 0 Å². The average molecular weight is 326 g/mol. The van der Waals surface area contributed by atoms with E-state index in [0.717, 1.165) is 12.1 Å². The average Bonchev–Trinajstić information content (AvgIpc) is 2.31. The van der Waals surface area contributed by atoms with E-state index in [-0.39, 0.29) is 0 Å². The fraction of sp³-hybridized carbons (Fsp3) is 0.231. The van der Waals surface area contributed by atoms with E-state index in [1.807, 2.05) is 6.07 Å². The van der Waals surface area contributed by atoms with Crippen molar-refractivity contribution >= 4 is 19.8 Å². The fourth-order valence-corrected chi connectivity index (χ4v) is 3.28. The van der Waals surface area contributed by atoms with Gasteiger partial charge in [-0.05, 0) is 0 Å². The molecule has 1 heterocycles. The molecule has 0 saturated heterocycles. The van der Waals surface area contributed by atoms with Gasteiger partial charge in [0.05, 0.1) is 0 Å². The predicted octanol–water partition coefficient (Wildman–Crippen LogP) is 3.00. The van der Waals surface area contributed by atoms with Crippen molar-refractivity contribution in [2.75, 3.05) is 9.86 Å². The van der Waals surface area contributed by atoms with Crippen LogP contribution in [0.3, 0.4) is 0 Å². The summed E-state index contributed by atoms with van der Waals surface area (Å²) >= 11 is -0.820. The predicted molar refractivity (Wildman–Crippen MR) is 75.8 cm³/mol. The van der Waals surface area contributed by atoms with Crippen molar-refractivity contribution in [1.29, 1.82) is 0 Å². The summed E-state index contributed by atoms with van der Waals surface area (Å²) in [7, 11) is 0. The van der Waals surface area contributed by atoms with Crippen molar-refractivity contribution in [2.24, 2.45) is 0 Å². The van der Waals surface area contributed by atoms with E-state index < -0.39 is 19.8 Å². The molecule has 0 spiro atoms. The molecule has 0 fully saturated rings. The van der Waals surface area contributed by atoms with Crippen molar-refractivity contribution in [3.05, 3.63) is 57.7 Å². The van der Waals surface area contributed by atoms with Gasteiger partial charge in [0, 0.05) is 0 Å². The van der Waals surface area contributed by atoms with Gasteiger partial charge in [0.2, 0.25) is 0 Å². The zero-order valence-corrected chi connectivity index (χ0v) is 11.7. The molecule has 0 radical (unpaired) electrons. The quantitative estimate of drug-likeness (QED) is 0.640. The molecule has 0 atom stereocenters. The molecular weight excluding hydrogens is 311 g/mol. The number of benzene rings is 1. The monoisotopic (exact) mass is 326 g/mol. The minimum absolute atomic E-state index is 0.820. The van der Waals surface area contributed by atoms with E-state index in [1.54, 1.807) is 12.5 Å². The standard InChI is InChI=1S/C13H15IN2/c1-14(2)12-5-3-11(4-6-12)9-13-7-8-15-10-16-13/h3-8,10H,9H2,1-2H3. The van der Waals surface area contributed by atoms with Crippen LogP contribution < -0.4 is 0 Å². The second-order valence-corrected chi connectivity index (χ2v) is 9.32. The summed E-state index contributed by atoms with van der Waals surface area (Å²) < 4.78 is 1.54. The van der Waals surface area contributed by atoms with Crippen molar-refractivity contribution in [2.45, 2.75) is 6.42 Å². The van der Waals surface area contributed by atoms with Gasteiger partial charge >= 0.3 is 104 Å². The summed E-state index contributed by atoms with van der Waals surface area (Å²) in [5.41, 5.74) is 2.39. The first kappa shape index (κ1) is 11.5. The number of hydrogen-bond acceptors (Lipinski definition) is 2. The Morgan fingerprint density at radius 1 is 1.06 bits per heavy atom. The second kappa shape index (κ2) is 5.39. The van der Waals surface area contributed by atoms with E-state index in [1.165, 1.54) is 9.13 Å². The van der Waals surface area contributed by atoms with Crippen LogP contribution in [0, 0.1) is 3.57 Å². The van der Waals surface area contributed by atoms with Gasteiger partial charge in [-0.2, -0.15) is 0 Å². The fourth-order valence-electron chi connectivity index (χ4n) is 1.49. The molecule has 0 unspecified atom stereocenters. The Kier molecular flexibility index (Phi) is 3.88. The third-order valence-electron chi connectivity index (χ3n) is 2.38. The van der Waals surface area contributed by atoms with Crippen LogP contribution in [0.4, 0.5) is 0 Å². The maximum absolute atomic E-state index is 4.23. The van der Waals surface area contributed by atoms with Gasteiger partial charge in [-0.3, -0.25) is 0 Å². The molecule has 0 N–H and O–H groups in total. The van der Waals surface area contributed by atoms with Gasteiger partial charge in [-0.1, -0.05) is 0 Å². The van der Waals surface area contributed by atoms with Crippen LogP contribution in [0.2, 0.25) is 0 Å². The number of aromatic nitrogens is 2. The van der Waals surface area contributed by atoms with Gasteiger partial charge in [-0.25, -0.2) is 0 Å². The summed E-state index contributed by atoms with van der Waals surface area (Å²) in [6, 6.07) is 10.9. The van der Waals surface area contributed by atoms with Crippen LogP contribution in [0.1, 0.15) is 11.3 Å². The van der Waals surface area contributed by atoms with Crippen LogP contribution in [-0.2, 0) is 6.42 Å². The van der Waals surface area contributed by atoms with E-state index in [0.29, 0.717) is 0 Å². The van der Waals surface area contributed by atoms with Crippen LogP contribution in [0.15, 0.2) is 42.9 Å². The Morgan fingerprint density at radius 3 is 2.38 bits per heavy atom. The molecule has 0 aliphatic rings. The first-order chi connectivity index (χ1) is 7.75. The van der Waals surface area contributed by atoms with Gasteiger partial charge in [-0.15, -0.1) is 0 Å². The van der Waals surface area contributed by atoms with Crippen molar-refractivity contribution in [1.82, 2.24) is 9.97 Å². The Morgan fingerprint density at radius 2 is 1.81 bits per heavy atom. The third-order valence-corrected chi connectivity index (χ3v) is 5.59. The number of nitrogens with zero attached hydrogens (tertiary/aromatic N) is 2. The SMILES string of the molecule is CI(C)c1ccc(Cc2ccncn2)cc1. The molecule has 2 aromatic rings. The first-order valence-corrected chi connectivity index (χ1v) is 10.5. The molecule has 0 amide bonds. The van der Waals surface area contributed by atoms with Crippen molar-refractivity contribution < 1.29 is 0 Å². The molecule has 0 aliphatic heterocycles. The Bertz CT molecular complexity index is 437. The Balaban J connectivity index is 2.11.